The SMILES string of the molecule is OC(CNCCc1ccc(Cl)cc1Cl)COc1cnsn1. The van der Waals surface area contributed by atoms with Crippen LogP contribution in [-0.4, -0.2) is 39.7 Å². The van der Waals surface area contributed by atoms with E-state index in [1.54, 1.807) is 6.07 Å². The zero-order chi connectivity index (χ0) is 15.1. The zero-order valence-electron chi connectivity index (χ0n) is 11.1. The summed E-state index contributed by atoms with van der Waals surface area (Å²) in [6.45, 7) is 1.32. The van der Waals surface area contributed by atoms with Crippen molar-refractivity contribution in [2.45, 2.75) is 12.5 Å². The molecule has 2 N–H and O–H groups in total. The minimum atomic E-state index is -0.604. The monoisotopic (exact) mass is 347 g/mol. The van der Waals surface area contributed by atoms with E-state index in [4.69, 9.17) is 27.9 Å². The Balaban J connectivity index is 1.62. The Kier molecular flexibility index (Phi) is 6.66. The highest BCUT2D eigenvalue weighted by atomic mass is 35.5. The summed E-state index contributed by atoms with van der Waals surface area (Å²) in [4.78, 5) is 0. The third-order valence-electron chi connectivity index (χ3n) is 2.73. The highest BCUT2D eigenvalue weighted by Crippen LogP contribution is 2.20. The average molecular weight is 348 g/mol. The van der Waals surface area contributed by atoms with E-state index in [9.17, 15) is 5.11 Å². The second-order valence-electron chi connectivity index (χ2n) is 4.40. The summed E-state index contributed by atoms with van der Waals surface area (Å²) in [5.74, 6) is 0.437. The Hall–Kier alpha value is -0.920. The molecule has 0 fully saturated rings. The molecule has 2 rings (SSSR count). The van der Waals surface area contributed by atoms with Crippen LogP contribution in [0.15, 0.2) is 24.4 Å². The fourth-order valence-corrected chi connectivity index (χ4v) is 2.54. The van der Waals surface area contributed by atoms with E-state index in [1.165, 1.54) is 6.20 Å². The molecule has 21 heavy (non-hydrogen) atoms. The van der Waals surface area contributed by atoms with Gasteiger partial charge < -0.3 is 15.2 Å². The Labute approximate surface area is 137 Å². The maximum atomic E-state index is 9.76. The summed E-state index contributed by atoms with van der Waals surface area (Å²) < 4.78 is 13.0. The van der Waals surface area contributed by atoms with Gasteiger partial charge in [0.15, 0.2) is 0 Å². The number of aromatic nitrogens is 2. The molecule has 1 aromatic carbocycles. The lowest BCUT2D eigenvalue weighted by atomic mass is 10.1. The number of benzene rings is 1. The molecule has 0 amide bonds. The predicted octanol–water partition coefficient (Wildman–Crippen LogP) is 2.42. The molecule has 0 aliphatic carbocycles. The Morgan fingerprint density at radius 3 is 2.95 bits per heavy atom. The first-order chi connectivity index (χ1) is 10.1. The molecule has 2 aromatic rings. The Bertz CT molecular complexity index is 554. The van der Waals surface area contributed by atoms with E-state index < -0.39 is 6.10 Å². The quantitative estimate of drug-likeness (QED) is 0.717. The van der Waals surface area contributed by atoms with Crippen molar-refractivity contribution in [2.75, 3.05) is 19.7 Å². The Morgan fingerprint density at radius 1 is 1.38 bits per heavy atom. The first-order valence-electron chi connectivity index (χ1n) is 6.38. The number of aliphatic hydroxyl groups is 1. The zero-order valence-corrected chi connectivity index (χ0v) is 13.5. The largest absolute Gasteiger partial charge is 0.473 e. The number of nitrogens with zero attached hydrogens (tertiary/aromatic N) is 2. The van der Waals surface area contributed by atoms with Gasteiger partial charge in [-0.25, -0.2) is 0 Å². The Morgan fingerprint density at radius 2 is 2.24 bits per heavy atom. The van der Waals surface area contributed by atoms with E-state index in [1.807, 2.05) is 12.1 Å². The van der Waals surface area contributed by atoms with Gasteiger partial charge in [-0.15, -0.1) is 4.37 Å². The fourth-order valence-electron chi connectivity index (χ4n) is 1.68. The van der Waals surface area contributed by atoms with E-state index in [-0.39, 0.29) is 6.61 Å². The third kappa shape index (κ3) is 5.76. The van der Waals surface area contributed by atoms with Gasteiger partial charge in [0.25, 0.3) is 0 Å². The topological polar surface area (TPSA) is 67.3 Å². The molecule has 1 aromatic heterocycles. The molecule has 0 spiro atoms. The molecule has 0 aliphatic rings. The van der Waals surface area contributed by atoms with Gasteiger partial charge in [-0.05, 0) is 30.7 Å². The maximum Gasteiger partial charge on any atom is 0.245 e. The highest BCUT2D eigenvalue weighted by Gasteiger charge is 2.07. The summed E-state index contributed by atoms with van der Waals surface area (Å²) in [6.07, 6.45) is 1.68. The summed E-state index contributed by atoms with van der Waals surface area (Å²) in [5.41, 5.74) is 1.02. The summed E-state index contributed by atoms with van der Waals surface area (Å²) in [6, 6.07) is 5.44. The minimum Gasteiger partial charge on any atom is -0.473 e. The van der Waals surface area contributed by atoms with Gasteiger partial charge in [0, 0.05) is 16.6 Å². The van der Waals surface area contributed by atoms with Gasteiger partial charge in [0.1, 0.15) is 18.9 Å². The van der Waals surface area contributed by atoms with Gasteiger partial charge >= 0.3 is 0 Å². The average Bonchev–Trinajstić information content (AvgIpc) is 2.96. The predicted molar refractivity (Wildman–Crippen MR) is 84.4 cm³/mol. The number of halogens is 2. The third-order valence-corrected chi connectivity index (χ3v) is 3.78. The van der Waals surface area contributed by atoms with Crippen LogP contribution in [0.25, 0.3) is 0 Å². The molecule has 0 saturated heterocycles. The van der Waals surface area contributed by atoms with Crippen molar-refractivity contribution in [2.24, 2.45) is 0 Å². The first kappa shape index (κ1) is 16.5. The summed E-state index contributed by atoms with van der Waals surface area (Å²) in [5, 5.41) is 14.2. The van der Waals surface area contributed by atoms with Crippen molar-refractivity contribution in [3.05, 3.63) is 40.0 Å². The molecule has 0 radical (unpaired) electrons. The second-order valence-corrected chi connectivity index (χ2v) is 5.80. The van der Waals surface area contributed by atoms with Crippen LogP contribution in [0, 0.1) is 0 Å². The molecular formula is C13H15Cl2N3O2S. The highest BCUT2D eigenvalue weighted by molar-refractivity contribution is 6.99. The van der Waals surface area contributed by atoms with E-state index in [0.717, 1.165) is 23.7 Å². The fraction of sp³-hybridized carbons (Fsp3) is 0.385. The van der Waals surface area contributed by atoms with Crippen LogP contribution in [0.4, 0.5) is 0 Å². The van der Waals surface area contributed by atoms with Gasteiger partial charge in [-0.1, -0.05) is 29.3 Å². The standard InChI is InChI=1S/C13H15Cl2N3O2S/c14-10-2-1-9(12(15)5-10)3-4-16-6-11(19)8-20-13-7-17-21-18-13/h1-2,5,7,11,16,19H,3-4,6,8H2. The summed E-state index contributed by atoms with van der Waals surface area (Å²) >= 11 is 13.0. The van der Waals surface area contributed by atoms with Crippen molar-refractivity contribution in [1.82, 2.24) is 14.1 Å². The lowest BCUT2D eigenvalue weighted by Gasteiger charge is -2.12. The van der Waals surface area contributed by atoms with Crippen LogP contribution in [0.5, 0.6) is 5.88 Å². The van der Waals surface area contributed by atoms with Gasteiger partial charge in [-0.3, -0.25) is 0 Å². The second kappa shape index (κ2) is 8.51. The molecule has 1 unspecified atom stereocenters. The number of hydrogen-bond donors (Lipinski definition) is 2. The number of rotatable bonds is 8. The lowest BCUT2D eigenvalue weighted by Crippen LogP contribution is -2.32. The van der Waals surface area contributed by atoms with Crippen molar-refractivity contribution in [3.8, 4) is 5.88 Å². The van der Waals surface area contributed by atoms with Crippen LogP contribution in [0.3, 0.4) is 0 Å². The van der Waals surface area contributed by atoms with Crippen molar-refractivity contribution in [1.29, 1.82) is 0 Å². The number of hydrogen-bond acceptors (Lipinski definition) is 6. The van der Waals surface area contributed by atoms with Crippen molar-refractivity contribution >= 4 is 34.9 Å². The molecule has 1 atom stereocenters. The maximum absolute atomic E-state index is 9.76. The molecule has 8 heteroatoms. The van der Waals surface area contributed by atoms with E-state index >= 15 is 0 Å². The smallest absolute Gasteiger partial charge is 0.245 e. The van der Waals surface area contributed by atoms with Crippen LogP contribution >= 0.6 is 34.9 Å². The number of aliphatic hydroxyl groups excluding tert-OH is 1. The first-order valence-corrected chi connectivity index (χ1v) is 7.87. The molecule has 0 bridgehead atoms. The number of ether oxygens (including phenoxy) is 1. The van der Waals surface area contributed by atoms with Crippen molar-refractivity contribution in [3.63, 3.8) is 0 Å². The molecule has 0 saturated carbocycles. The van der Waals surface area contributed by atoms with Crippen LogP contribution < -0.4 is 10.1 Å². The van der Waals surface area contributed by atoms with Gasteiger partial charge in [0.05, 0.1) is 11.7 Å². The van der Waals surface area contributed by atoms with E-state index in [2.05, 4.69) is 14.1 Å². The molecule has 5 nitrogen and oxygen atoms in total. The van der Waals surface area contributed by atoms with Gasteiger partial charge in [-0.2, -0.15) is 4.37 Å². The summed E-state index contributed by atoms with van der Waals surface area (Å²) in [7, 11) is 0. The van der Waals surface area contributed by atoms with Gasteiger partial charge in [0.2, 0.25) is 5.88 Å². The molecular weight excluding hydrogens is 333 g/mol. The van der Waals surface area contributed by atoms with Crippen LogP contribution in [-0.2, 0) is 6.42 Å². The normalized spacial score (nSPS) is 12.3. The lowest BCUT2D eigenvalue weighted by molar-refractivity contribution is 0.104. The molecule has 0 aliphatic heterocycles. The molecule has 114 valence electrons. The van der Waals surface area contributed by atoms with Crippen LogP contribution in [0.1, 0.15) is 5.56 Å². The minimum absolute atomic E-state index is 0.181. The molecule has 1 heterocycles. The van der Waals surface area contributed by atoms with Crippen molar-refractivity contribution < 1.29 is 9.84 Å². The number of nitrogens with one attached hydrogen (secondary N) is 1. The van der Waals surface area contributed by atoms with Crippen LogP contribution in [0.2, 0.25) is 10.0 Å². The van der Waals surface area contributed by atoms with E-state index in [0.29, 0.717) is 29.0 Å².